The van der Waals surface area contributed by atoms with Gasteiger partial charge < -0.3 is 10.1 Å². The Morgan fingerprint density at radius 1 is 0.971 bits per heavy atom. The Labute approximate surface area is 204 Å². The summed E-state index contributed by atoms with van der Waals surface area (Å²) in [4.78, 5) is 12.4. The number of thioether (sulfide) groups is 1. The van der Waals surface area contributed by atoms with Crippen LogP contribution in [0.5, 0.6) is 0 Å². The van der Waals surface area contributed by atoms with Gasteiger partial charge in [0.1, 0.15) is 0 Å². The first-order valence-electron chi connectivity index (χ1n) is 11.1. The smallest absolute Gasteiger partial charge is 0.251 e. The van der Waals surface area contributed by atoms with Crippen LogP contribution >= 0.6 is 11.8 Å². The minimum atomic E-state index is -0.103. The van der Waals surface area contributed by atoms with E-state index in [0.29, 0.717) is 24.5 Å². The van der Waals surface area contributed by atoms with Crippen molar-refractivity contribution >= 4 is 17.7 Å². The van der Waals surface area contributed by atoms with Gasteiger partial charge >= 0.3 is 0 Å². The third-order valence-corrected chi connectivity index (χ3v) is 6.38. The molecule has 6 nitrogen and oxygen atoms in total. The Morgan fingerprint density at radius 2 is 1.68 bits per heavy atom. The number of aryl methyl sites for hydroxylation is 2. The van der Waals surface area contributed by atoms with E-state index in [-0.39, 0.29) is 5.91 Å². The lowest BCUT2D eigenvalue weighted by molar-refractivity contribution is 0.0937. The molecule has 34 heavy (non-hydrogen) atoms. The minimum Gasteiger partial charge on any atom is -0.383 e. The normalized spacial score (nSPS) is 10.9. The SMILES string of the molecule is COCCNC(=O)c1cccc(CSc2nnc(-c3ccc(C)cc3)n2-c2ccc(C)cc2)c1. The molecule has 174 valence electrons. The van der Waals surface area contributed by atoms with E-state index in [0.717, 1.165) is 27.8 Å². The lowest BCUT2D eigenvalue weighted by Crippen LogP contribution is -2.26. The van der Waals surface area contributed by atoms with Gasteiger partial charge in [-0.2, -0.15) is 0 Å². The summed E-state index contributed by atoms with van der Waals surface area (Å²) in [6, 6.07) is 24.3. The van der Waals surface area contributed by atoms with Crippen LogP contribution in [-0.4, -0.2) is 40.9 Å². The molecule has 4 rings (SSSR count). The summed E-state index contributed by atoms with van der Waals surface area (Å²) in [6.45, 7) is 5.11. The number of hydrogen-bond acceptors (Lipinski definition) is 5. The monoisotopic (exact) mass is 472 g/mol. The first kappa shape index (κ1) is 23.7. The molecule has 3 aromatic carbocycles. The third kappa shape index (κ3) is 5.73. The van der Waals surface area contributed by atoms with Crippen LogP contribution < -0.4 is 5.32 Å². The summed E-state index contributed by atoms with van der Waals surface area (Å²) in [6.07, 6.45) is 0. The quantitative estimate of drug-likeness (QED) is 0.267. The van der Waals surface area contributed by atoms with E-state index < -0.39 is 0 Å². The van der Waals surface area contributed by atoms with Gasteiger partial charge in [0.25, 0.3) is 5.91 Å². The maximum Gasteiger partial charge on any atom is 0.251 e. The highest BCUT2D eigenvalue weighted by Gasteiger charge is 2.16. The zero-order chi connectivity index (χ0) is 23.9. The molecule has 0 aliphatic rings. The fourth-order valence-electron chi connectivity index (χ4n) is 3.50. The number of carbonyl (C=O) groups is 1. The fourth-order valence-corrected chi connectivity index (χ4v) is 4.39. The molecule has 0 unspecified atom stereocenters. The predicted octanol–water partition coefficient (Wildman–Crippen LogP) is 5.22. The molecule has 4 aromatic rings. The zero-order valence-electron chi connectivity index (χ0n) is 19.6. The van der Waals surface area contributed by atoms with Crippen molar-refractivity contribution in [1.82, 2.24) is 20.1 Å². The molecule has 1 aromatic heterocycles. The third-order valence-electron chi connectivity index (χ3n) is 5.38. The molecular weight excluding hydrogens is 444 g/mol. The van der Waals surface area contributed by atoms with Gasteiger partial charge in [0.05, 0.1) is 6.61 Å². The molecule has 0 aliphatic carbocycles. The van der Waals surface area contributed by atoms with Gasteiger partial charge in [-0.05, 0) is 43.7 Å². The van der Waals surface area contributed by atoms with Gasteiger partial charge in [0.2, 0.25) is 0 Å². The van der Waals surface area contributed by atoms with Gasteiger partial charge in [-0.3, -0.25) is 9.36 Å². The van der Waals surface area contributed by atoms with E-state index in [1.165, 1.54) is 11.1 Å². The number of nitrogens with one attached hydrogen (secondary N) is 1. The Kier molecular flexibility index (Phi) is 7.77. The molecule has 1 heterocycles. The van der Waals surface area contributed by atoms with E-state index in [1.807, 2.05) is 24.3 Å². The number of hydrogen-bond donors (Lipinski definition) is 1. The summed E-state index contributed by atoms with van der Waals surface area (Å²) in [5, 5.41) is 12.7. The molecule has 0 saturated heterocycles. The Morgan fingerprint density at radius 3 is 2.38 bits per heavy atom. The summed E-state index contributed by atoms with van der Waals surface area (Å²) >= 11 is 1.60. The Bertz CT molecular complexity index is 1250. The minimum absolute atomic E-state index is 0.103. The molecule has 7 heteroatoms. The van der Waals surface area contributed by atoms with Crippen LogP contribution in [0.1, 0.15) is 27.0 Å². The van der Waals surface area contributed by atoms with Crippen molar-refractivity contribution in [3.8, 4) is 17.1 Å². The van der Waals surface area contributed by atoms with Crippen molar-refractivity contribution in [2.75, 3.05) is 20.3 Å². The van der Waals surface area contributed by atoms with Gasteiger partial charge in [-0.25, -0.2) is 0 Å². The van der Waals surface area contributed by atoms with E-state index >= 15 is 0 Å². The second-order valence-corrected chi connectivity index (χ2v) is 9.02. The number of benzene rings is 3. The summed E-state index contributed by atoms with van der Waals surface area (Å²) in [5.74, 6) is 1.36. The van der Waals surface area contributed by atoms with Crippen molar-refractivity contribution in [3.05, 3.63) is 95.1 Å². The molecule has 0 aliphatic heterocycles. The van der Waals surface area contributed by atoms with Crippen LogP contribution in [0.4, 0.5) is 0 Å². The maximum absolute atomic E-state index is 12.4. The molecule has 0 fully saturated rings. The number of aromatic nitrogens is 3. The zero-order valence-corrected chi connectivity index (χ0v) is 20.4. The molecule has 0 saturated carbocycles. The van der Waals surface area contributed by atoms with Gasteiger partial charge in [0.15, 0.2) is 11.0 Å². The molecule has 0 spiro atoms. The summed E-state index contributed by atoms with van der Waals surface area (Å²) in [5.41, 5.74) is 6.10. The lowest BCUT2D eigenvalue weighted by Gasteiger charge is -2.11. The molecule has 1 N–H and O–H groups in total. The van der Waals surface area contributed by atoms with Crippen LogP contribution in [-0.2, 0) is 10.5 Å². The number of methoxy groups -OCH3 is 1. The van der Waals surface area contributed by atoms with Gasteiger partial charge in [-0.1, -0.05) is 71.4 Å². The largest absolute Gasteiger partial charge is 0.383 e. The number of carbonyl (C=O) groups excluding carboxylic acids is 1. The molecular formula is C27H28N4O2S. The second kappa shape index (κ2) is 11.1. The molecule has 1 amide bonds. The van der Waals surface area contributed by atoms with Crippen LogP contribution in [0.3, 0.4) is 0 Å². The predicted molar refractivity (Wildman–Crippen MR) is 136 cm³/mol. The Hall–Kier alpha value is -3.42. The summed E-state index contributed by atoms with van der Waals surface area (Å²) < 4.78 is 7.09. The maximum atomic E-state index is 12.4. The van der Waals surface area contributed by atoms with Crippen molar-refractivity contribution in [2.45, 2.75) is 24.8 Å². The number of ether oxygens (including phenoxy) is 1. The summed E-state index contributed by atoms with van der Waals surface area (Å²) in [7, 11) is 1.61. The molecule has 0 radical (unpaired) electrons. The van der Waals surface area contributed by atoms with Crippen molar-refractivity contribution in [3.63, 3.8) is 0 Å². The highest BCUT2D eigenvalue weighted by atomic mass is 32.2. The second-order valence-electron chi connectivity index (χ2n) is 8.08. The van der Waals surface area contributed by atoms with Gasteiger partial charge in [-0.15, -0.1) is 10.2 Å². The number of nitrogens with zero attached hydrogens (tertiary/aromatic N) is 3. The molecule has 0 atom stereocenters. The van der Waals surface area contributed by atoms with Crippen LogP contribution in [0.25, 0.3) is 17.1 Å². The van der Waals surface area contributed by atoms with Crippen LogP contribution in [0, 0.1) is 13.8 Å². The van der Waals surface area contributed by atoms with E-state index in [2.05, 4.69) is 82.5 Å². The fraction of sp³-hybridized carbons (Fsp3) is 0.222. The van der Waals surface area contributed by atoms with E-state index in [9.17, 15) is 4.79 Å². The highest BCUT2D eigenvalue weighted by Crippen LogP contribution is 2.30. The van der Waals surface area contributed by atoms with Gasteiger partial charge in [0, 0.05) is 36.2 Å². The number of amides is 1. The average Bonchev–Trinajstić information content (AvgIpc) is 3.28. The average molecular weight is 473 g/mol. The number of rotatable bonds is 9. The topological polar surface area (TPSA) is 69.0 Å². The first-order chi connectivity index (χ1) is 16.5. The van der Waals surface area contributed by atoms with Crippen LogP contribution in [0.15, 0.2) is 78.0 Å². The molecule has 0 bridgehead atoms. The van der Waals surface area contributed by atoms with Crippen LogP contribution in [0.2, 0.25) is 0 Å². The first-order valence-corrected chi connectivity index (χ1v) is 12.1. The van der Waals surface area contributed by atoms with Crippen molar-refractivity contribution in [1.29, 1.82) is 0 Å². The van der Waals surface area contributed by atoms with E-state index in [1.54, 1.807) is 18.9 Å². The van der Waals surface area contributed by atoms with E-state index in [4.69, 9.17) is 4.74 Å². The standard InChI is InChI=1S/C27H28N4O2S/c1-19-7-11-22(12-8-19)25-29-30-27(31(25)24-13-9-20(2)10-14-24)34-18-21-5-4-6-23(17-21)26(32)28-15-16-33-3/h4-14,17H,15-16,18H2,1-3H3,(H,28,32). The lowest BCUT2D eigenvalue weighted by atomic mass is 10.1. The highest BCUT2D eigenvalue weighted by molar-refractivity contribution is 7.98. The van der Waals surface area contributed by atoms with Crippen molar-refractivity contribution in [2.24, 2.45) is 0 Å². The Balaban J connectivity index is 1.59. The van der Waals surface area contributed by atoms with Crippen molar-refractivity contribution < 1.29 is 9.53 Å².